The second kappa shape index (κ2) is 5.02. The maximum Gasteiger partial charge on any atom is 0.291 e. The lowest BCUT2D eigenvalue weighted by molar-refractivity contribution is 0.270. The molecule has 1 rings (SSSR count). The van der Waals surface area contributed by atoms with E-state index in [0.29, 0.717) is 17.2 Å². The van der Waals surface area contributed by atoms with Gasteiger partial charge in [0.2, 0.25) is 0 Å². The molecular formula is C10H12BrNO3. The minimum Gasteiger partial charge on any atom is -0.493 e. The molecule has 0 aliphatic carbocycles. The molecule has 15 heavy (non-hydrogen) atoms. The molecular weight excluding hydrogens is 262 g/mol. The Morgan fingerprint density at radius 3 is 2.27 bits per heavy atom. The number of halogens is 1. The summed E-state index contributed by atoms with van der Waals surface area (Å²) in [4.78, 5) is 10.6. The van der Waals surface area contributed by atoms with Crippen molar-refractivity contribution in [3.63, 3.8) is 0 Å². The Balaban J connectivity index is 3.13. The summed E-state index contributed by atoms with van der Waals surface area (Å²) >= 11 is 2.81. The Bertz CT molecular complexity index is 379. The minimum atomic E-state index is -0.294. The lowest BCUT2D eigenvalue weighted by Gasteiger charge is -2.12. The Morgan fingerprint density at radius 2 is 1.80 bits per heavy atom. The van der Waals surface area contributed by atoms with E-state index in [1.807, 2.05) is 6.92 Å². The van der Waals surface area contributed by atoms with Gasteiger partial charge in [-0.25, -0.2) is 0 Å². The van der Waals surface area contributed by atoms with Crippen LogP contribution in [0.1, 0.15) is 5.56 Å². The molecule has 0 bridgehead atoms. The molecule has 0 heterocycles. The highest BCUT2D eigenvalue weighted by Crippen LogP contribution is 2.32. The number of carbonyl (C=O) groups excluding carboxylic acids is 1. The molecule has 1 aromatic carbocycles. The molecule has 1 aromatic rings. The summed E-state index contributed by atoms with van der Waals surface area (Å²) in [5.41, 5.74) is 1.59. The first-order chi connectivity index (χ1) is 7.08. The van der Waals surface area contributed by atoms with Crippen LogP contribution in [0, 0.1) is 6.92 Å². The van der Waals surface area contributed by atoms with Gasteiger partial charge in [-0.15, -0.1) is 0 Å². The van der Waals surface area contributed by atoms with Crippen LogP contribution in [0.5, 0.6) is 11.5 Å². The fourth-order valence-corrected chi connectivity index (χ4v) is 1.43. The molecule has 0 unspecified atom stereocenters. The molecule has 0 fully saturated rings. The smallest absolute Gasteiger partial charge is 0.291 e. The summed E-state index contributed by atoms with van der Waals surface area (Å²) in [6.07, 6.45) is 0. The van der Waals surface area contributed by atoms with Gasteiger partial charge in [0.15, 0.2) is 11.5 Å². The van der Waals surface area contributed by atoms with E-state index in [1.54, 1.807) is 26.4 Å². The van der Waals surface area contributed by atoms with E-state index in [9.17, 15) is 4.79 Å². The molecule has 0 aliphatic rings. The first-order valence-corrected chi connectivity index (χ1v) is 5.07. The number of hydrogen-bond donors (Lipinski definition) is 1. The number of rotatable bonds is 3. The van der Waals surface area contributed by atoms with Gasteiger partial charge in [0.05, 0.1) is 14.2 Å². The summed E-state index contributed by atoms with van der Waals surface area (Å²) in [6.45, 7) is 1.88. The first kappa shape index (κ1) is 11.8. The standard InChI is InChI=1S/C10H12BrNO3/c1-6-4-8(14-2)9(15-3)5-7(6)12-10(11)13/h4-5H,1-3H3,(H,12,13). The molecule has 5 heteroatoms. The van der Waals surface area contributed by atoms with Crippen LogP contribution in [-0.2, 0) is 0 Å². The highest BCUT2D eigenvalue weighted by molar-refractivity contribution is 9.18. The highest BCUT2D eigenvalue weighted by atomic mass is 79.9. The number of hydrogen-bond acceptors (Lipinski definition) is 3. The zero-order chi connectivity index (χ0) is 11.4. The summed E-state index contributed by atoms with van der Waals surface area (Å²) in [6, 6.07) is 3.52. The van der Waals surface area contributed by atoms with E-state index < -0.39 is 0 Å². The van der Waals surface area contributed by atoms with Crippen LogP contribution in [0.3, 0.4) is 0 Å². The number of nitrogens with one attached hydrogen (secondary N) is 1. The number of carbonyl (C=O) groups is 1. The monoisotopic (exact) mass is 273 g/mol. The quantitative estimate of drug-likeness (QED) is 0.681. The van der Waals surface area contributed by atoms with Gasteiger partial charge in [0, 0.05) is 27.7 Å². The molecule has 4 nitrogen and oxygen atoms in total. The molecule has 0 atom stereocenters. The number of anilines is 1. The minimum absolute atomic E-state index is 0.294. The van der Waals surface area contributed by atoms with Crippen molar-refractivity contribution in [2.24, 2.45) is 0 Å². The summed E-state index contributed by atoms with van der Waals surface area (Å²) in [5.74, 6) is 1.22. The van der Waals surface area contributed by atoms with E-state index in [0.717, 1.165) is 5.56 Å². The van der Waals surface area contributed by atoms with E-state index in [2.05, 4.69) is 21.2 Å². The van der Waals surface area contributed by atoms with Crippen molar-refractivity contribution in [1.82, 2.24) is 0 Å². The molecule has 0 spiro atoms. The van der Waals surface area contributed by atoms with Crippen LogP contribution in [0.25, 0.3) is 0 Å². The Kier molecular flexibility index (Phi) is 3.96. The maximum absolute atomic E-state index is 10.9. The molecule has 0 saturated carbocycles. The van der Waals surface area contributed by atoms with Gasteiger partial charge in [0.25, 0.3) is 4.82 Å². The Hall–Kier alpha value is -1.23. The van der Waals surface area contributed by atoms with Gasteiger partial charge in [-0.2, -0.15) is 0 Å². The van der Waals surface area contributed by atoms with Crippen molar-refractivity contribution in [2.45, 2.75) is 6.92 Å². The molecule has 0 aliphatic heterocycles. The fourth-order valence-electron chi connectivity index (χ4n) is 1.22. The highest BCUT2D eigenvalue weighted by Gasteiger charge is 2.09. The van der Waals surface area contributed by atoms with Crippen LogP contribution in [0.2, 0.25) is 0 Å². The van der Waals surface area contributed by atoms with Gasteiger partial charge >= 0.3 is 0 Å². The van der Waals surface area contributed by atoms with Gasteiger partial charge in [0.1, 0.15) is 0 Å². The second-order valence-corrected chi connectivity index (χ2v) is 3.64. The second-order valence-electron chi connectivity index (χ2n) is 2.92. The van der Waals surface area contributed by atoms with Crippen LogP contribution < -0.4 is 14.8 Å². The predicted octanol–water partition coefficient (Wildman–Crippen LogP) is 2.94. The number of benzene rings is 1. The molecule has 1 amide bonds. The third-order valence-electron chi connectivity index (χ3n) is 1.96. The van der Waals surface area contributed by atoms with Gasteiger partial charge in [-0.1, -0.05) is 0 Å². The largest absolute Gasteiger partial charge is 0.493 e. The topological polar surface area (TPSA) is 47.6 Å². The third-order valence-corrected chi connectivity index (χ3v) is 2.16. The average Bonchev–Trinajstić information content (AvgIpc) is 2.19. The van der Waals surface area contributed by atoms with Crippen molar-refractivity contribution in [3.05, 3.63) is 17.7 Å². The number of amides is 1. The number of aryl methyl sites for hydroxylation is 1. The SMILES string of the molecule is COc1cc(C)c(NC(=O)Br)cc1OC. The summed E-state index contributed by atoms with van der Waals surface area (Å²) in [7, 11) is 3.12. The van der Waals surface area contributed by atoms with Crippen molar-refractivity contribution < 1.29 is 14.3 Å². The molecule has 82 valence electrons. The van der Waals surface area contributed by atoms with Gasteiger partial charge in [-0.3, -0.25) is 4.79 Å². The van der Waals surface area contributed by atoms with Crippen LogP contribution in [0.4, 0.5) is 10.5 Å². The normalized spacial score (nSPS) is 9.60. The summed E-state index contributed by atoms with van der Waals surface area (Å²) < 4.78 is 10.2. The van der Waals surface area contributed by atoms with Crippen molar-refractivity contribution >= 4 is 26.4 Å². The third kappa shape index (κ3) is 2.86. The number of methoxy groups -OCH3 is 2. The van der Waals surface area contributed by atoms with E-state index in [-0.39, 0.29) is 4.82 Å². The zero-order valence-corrected chi connectivity index (χ0v) is 10.3. The van der Waals surface area contributed by atoms with Crippen molar-refractivity contribution in [1.29, 1.82) is 0 Å². The van der Waals surface area contributed by atoms with E-state index >= 15 is 0 Å². The van der Waals surface area contributed by atoms with E-state index in [1.165, 1.54) is 0 Å². The van der Waals surface area contributed by atoms with Crippen LogP contribution in [0.15, 0.2) is 12.1 Å². The lowest BCUT2D eigenvalue weighted by atomic mass is 10.2. The van der Waals surface area contributed by atoms with Crippen molar-refractivity contribution in [3.8, 4) is 11.5 Å². The average molecular weight is 274 g/mol. The van der Waals surface area contributed by atoms with Gasteiger partial charge < -0.3 is 14.8 Å². The summed E-state index contributed by atoms with van der Waals surface area (Å²) in [5, 5.41) is 2.64. The first-order valence-electron chi connectivity index (χ1n) is 4.27. The predicted molar refractivity (Wildman–Crippen MR) is 62.2 cm³/mol. The van der Waals surface area contributed by atoms with Crippen LogP contribution in [-0.4, -0.2) is 19.0 Å². The van der Waals surface area contributed by atoms with Gasteiger partial charge in [-0.05, 0) is 18.6 Å². The van der Waals surface area contributed by atoms with E-state index in [4.69, 9.17) is 9.47 Å². The Labute approximate surface area is 96.7 Å². The Morgan fingerprint density at radius 1 is 1.27 bits per heavy atom. The molecule has 0 saturated heterocycles. The maximum atomic E-state index is 10.9. The molecule has 0 radical (unpaired) electrons. The lowest BCUT2D eigenvalue weighted by Crippen LogP contribution is -2.03. The van der Waals surface area contributed by atoms with Crippen LogP contribution >= 0.6 is 15.9 Å². The molecule has 0 aromatic heterocycles. The van der Waals surface area contributed by atoms with Crippen molar-refractivity contribution in [2.75, 3.05) is 19.5 Å². The molecule has 1 N–H and O–H groups in total. The fraction of sp³-hybridized carbons (Fsp3) is 0.300. The number of ether oxygens (including phenoxy) is 2. The zero-order valence-electron chi connectivity index (χ0n) is 8.76.